The van der Waals surface area contributed by atoms with Gasteiger partial charge < -0.3 is 10.1 Å². The van der Waals surface area contributed by atoms with Crippen LogP contribution in [0.15, 0.2) is 48.7 Å². The fourth-order valence-corrected chi connectivity index (χ4v) is 10.4. The van der Waals surface area contributed by atoms with Gasteiger partial charge in [-0.1, -0.05) is 43.2 Å². The molecule has 1 unspecified atom stereocenters. The minimum Gasteiger partial charge on any atom is -0.375 e. The fraction of sp³-hybridized carbons (Fsp3) is 0.607. The molecule has 3 heterocycles. The maximum Gasteiger partial charge on any atom is 0.0864 e. The number of rotatable bonds is 5. The van der Waals surface area contributed by atoms with E-state index in [1.165, 1.54) is 61.3 Å². The molecule has 176 valence electrons. The third-order valence-electron chi connectivity index (χ3n) is 8.63. The Morgan fingerprint density at radius 1 is 0.970 bits per heavy atom. The molecule has 5 heteroatoms. The summed E-state index contributed by atoms with van der Waals surface area (Å²) in [7, 11) is 0. The van der Waals surface area contributed by atoms with E-state index in [1.807, 2.05) is 12.3 Å². The number of hydrogen-bond acceptors (Lipinski definition) is 5. The average Bonchev–Trinajstić information content (AvgIpc) is 3.52. The second kappa shape index (κ2) is 9.22. The third-order valence-corrected chi connectivity index (χ3v) is 12.2. The van der Waals surface area contributed by atoms with Crippen molar-refractivity contribution in [1.82, 2.24) is 10.3 Å². The Labute approximate surface area is 207 Å². The van der Waals surface area contributed by atoms with E-state index in [1.54, 1.807) is 5.56 Å². The number of nitrogens with one attached hydrogen (secondary N) is 1. The zero-order valence-electron chi connectivity index (χ0n) is 19.6. The minimum atomic E-state index is 0.0938. The SMILES string of the molecule is c1ccc([C@]2(CCNC3CCC4(SCCS4)c4ccccc43)CCOC3(CCCC3)C2)nc1. The van der Waals surface area contributed by atoms with Crippen LogP contribution in [0.3, 0.4) is 0 Å². The summed E-state index contributed by atoms with van der Waals surface area (Å²) >= 11 is 4.35. The zero-order valence-corrected chi connectivity index (χ0v) is 21.2. The van der Waals surface area contributed by atoms with Gasteiger partial charge in [0, 0.05) is 41.5 Å². The average molecular weight is 481 g/mol. The van der Waals surface area contributed by atoms with E-state index < -0.39 is 0 Å². The van der Waals surface area contributed by atoms with E-state index in [9.17, 15) is 0 Å². The summed E-state index contributed by atoms with van der Waals surface area (Å²) in [6.45, 7) is 1.92. The maximum absolute atomic E-state index is 6.45. The fourth-order valence-electron chi connectivity index (χ4n) is 7.02. The highest BCUT2D eigenvalue weighted by molar-refractivity contribution is 8.20. The molecule has 6 rings (SSSR count). The molecule has 2 spiro atoms. The molecular formula is C28H36N2OS2. The Kier molecular flexibility index (Phi) is 6.27. The van der Waals surface area contributed by atoms with Crippen LogP contribution in [0.5, 0.6) is 0 Å². The summed E-state index contributed by atoms with van der Waals surface area (Å²) in [6.07, 6.45) is 12.9. The molecule has 33 heavy (non-hydrogen) atoms. The molecule has 2 atom stereocenters. The minimum absolute atomic E-state index is 0.0938. The van der Waals surface area contributed by atoms with E-state index in [-0.39, 0.29) is 11.0 Å². The lowest BCUT2D eigenvalue weighted by Gasteiger charge is -2.47. The number of hydrogen-bond donors (Lipinski definition) is 1. The van der Waals surface area contributed by atoms with Crippen LogP contribution in [-0.2, 0) is 14.2 Å². The molecule has 2 aliphatic carbocycles. The highest BCUT2D eigenvalue weighted by Crippen LogP contribution is 2.59. The lowest BCUT2D eigenvalue weighted by atomic mass is 9.68. The van der Waals surface area contributed by atoms with Gasteiger partial charge in [0.15, 0.2) is 0 Å². The number of fused-ring (bicyclic) bond motifs is 2. The standard InChI is InChI=1S/C28H36N2OS2/c1-2-8-23-22(7-1)24(10-13-28(23)32-19-20-33-28)29-17-14-26(25-9-3-6-16-30-25)15-18-31-27(21-26)11-4-5-12-27/h1-3,6-9,16,24,29H,4-5,10-15,17-21H2/t24?,26-/m1/s1. The van der Waals surface area contributed by atoms with Crippen molar-refractivity contribution in [3.63, 3.8) is 0 Å². The second-order valence-corrected chi connectivity index (χ2v) is 13.5. The van der Waals surface area contributed by atoms with Crippen LogP contribution in [-0.4, -0.2) is 35.2 Å². The highest BCUT2D eigenvalue weighted by atomic mass is 32.2. The Bertz CT molecular complexity index is 955. The van der Waals surface area contributed by atoms with Crippen molar-refractivity contribution in [2.75, 3.05) is 24.7 Å². The molecule has 4 aliphatic rings. The maximum atomic E-state index is 6.45. The van der Waals surface area contributed by atoms with Crippen LogP contribution in [0, 0.1) is 0 Å². The predicted molar refractivity (Wildman–Crippen MR) is 140 cm³/mol. The Morgan fingerprint density at radius 2 is 1.79 bits per heavy atom. The summed E-state index contributed by atoms with van der Waals surface area (Å²) in [5, 5.41) is 4.02. The third kappa shape index (κ3) is 4.17. The number of benzene rings is 1. The Hall–Kier alpha value is -1.01. The first-order valence-electron chi connectivity index (χ1n) is 12.9. The molecule has 2 aliphatic heterocycles. The van der Waals surface area contributed by atoms with Crippen LogP contribution in [0.4, 0.5) is 0 Å². The van der Waals surface area contributed by atoms with Crippen molar-refractivity contribution in [2.24, 2.45) is 0 Å². The van der Waals surface area contributed by atoms with Gasteiger partial charge in [0.1, 0.15) is 0 Å². The molecule has 2 saturated heterocycles. The van der Waals surface area contributed by atoms with Crippen LogP contribution >= 0.6 is 23.5 Å². The van der Waals surface area contributed by atoms with Crippen LogP contribution in [0.1, 0.15) is 80.7 Å². The van der Waals surface area contributed by atoms with Gasteiger partial charge in [-0.05, 0) is 74.8 Å². The summed E-state index contributed by atoms with van der Waals surface area (Å²) in [5.41, 5.74) is 4.62. The molecule has 1 N–H and O–H groups in total. The molecule has 3 nitrogen and oxygen atoms in total. The van der Waals surface area contributed by atoms with Crippen molar-refractivity contribution >= 4 is 23.5 Å². The van der Waals surface area contributed by atoms with Gasteiger partial charge in [0.25, 0.3) is 0 Å². The van der Waals surface area contributed by atoms with Gasteiger partial charge in [-0.15, -0.1) is 23.5 Å². The van der Waals surface area contributed by atoms with Gasteiger partial charge >= 0.3 is 0 Å². The van der Waals surface area contributed by atoms with Crippen LogP contribution < -0.4 is 5.32 Å². The van der Waals surface area contributed by atoms with E-state index in [0.29, 0.717) is 10.1 Å². The first-order valence-corrected chi connectivity index (χ1v) is 14.9. The quantitative estimate of drug-likeness (QED) is 0.522. The van der Waals surface area contributed by atoms with Gasteiger partial charge in [-0.25, -0.2) is 0 Å². The zero-order chi connectivity index (χ0) is 22.2. The molecule has 0 amide bonds. The summed E-state index contributed by atoms with van der Waals surface area (Å²) in [6, 6.07) is 16.2. The normalized spacial score (nSPS) is 30.0. The van der Waals surface area contributed by atoms with E-state index in [0.717, 1.165) is 32.4 Å². The molecule has 1 aromatic heterocycles. The predicted octanol–water partition coefficient (Wildman–Crippen LogP) is 6.59. The lowest BCUT2D eigenvalue weighted by Crippen LogP contribution is -2.47. The van der Waals surface area contributed by atoms with Crippen LogP contribution in [0.2, 0.25) is 0 Å². The number of ether oxygens (including phenoxy) is 1. The number of aromatic nitrogens is 1. The Balaban J connectivity index is 1.21. The molecule has 0 radical (unpaired) electrons. The molecule has 3 fully saturated rings. The van der Waals surface area contributed by atoms with Crippen molar-refractivity contribution < 1.29 is 4.74 Å². The molecule has 1 aromatic carbocycles. The summed E-state index contributed by atoms with van der Waals surface area (Å²) in [4.78, 5) is 4.89. The first kappa shape index (κ1) is 22.5. The van der Waals surface area contributed by atoms with Gasteiger partial charge in [0.05, 0.1) is 9.68 Å². The van der Waals surface area contributed by atoms with Crippen molar-refractivity contribution in [2.45, 2.75) is 78.9 Å². The first-order chi connectivity index (χ1) is 16.2. The van der Waals surface area contributed by atoms with Gasteiger partial charge in [0.2, 0.25) is 0 Å². The lowest BCUT2D eigenvalue weighted by molar-refractivity contribution is -0.104. The molecule has 2 aromatic rings. The smallest absolute Gasteiger partial charge is 0.0864 e. The van der Waals surface area contributed by atoms with Crippen molar-refractivity contribution in [3.8, 4) is 0 Å². The monoisotopic (exact) mass is 480 g/mol. The van der Waals surface area contributed by atoms with Crippen molar-refractivity contribution in [3.05, 3.63) is 65.5 Å². The largest absolute Gasteiger partial charge is 0.375 e. The second-order valence-electron chi connectivity index (χ2n) is 10.5. The number of nitrogens with zero attached hydrogens (tertiary/aromatic N) is 1. The van der Waals surface area contributed by atoms with E-state index >= 15 is 0 Å². The van der Waals surface area contributed by atoms with Gasteiger partial charge in [-0.3, -0.25) is 4.98 Å². The molecule has 0 bridgehead atoms. The highest BCUT2D eigenvalue weighted by Gasteiger charge is 2.48. The Morgan fingerprint density at radius 3 is 2.61 bits per heavy atom. The molecular weight excluding hydrogens is 444 g/mol. The van der Waals surface area contributed by atoms with Crippen molar-refractivity contribution in [1.29, 1.82) is 0 Å². The topological polar surface area (TPSA) is 34.1 Å². The van der Waals surface area contributed by atoms with Crippen LogP contribution in [0.25, 0.3) is 0 Å². The summed E-state index contributed by atoms with van der Waals surface area (Å²) < 4.78 is 6.75. The number of pyridine rings is 1. The number of thioether (sulfide) groups is 2. The van der Waals surface area contributed by atoms with E-state index in [2.05, 4.69) is 65.2 Å². The van der Waals surface area contributed by atoms with E-state index in [4.69, 9.17) is 9.72 Å². The summed E-state index contributed by atoms with van der Waals surface area (Å²) in [5.74, 6) is 2.57. The molecule has 1 saturated carbocycles. The van der Waals surface area contributed by atoms with Gasteiger partial charge in [-0.2, -0.15) is 0 Å².